The van der Waals surface area contributed by atoms with Crippen molar-refractivity contribution in [2.24, 2.45) is 0 Å². The molecule has 2 heteroatoms. The van der Waals surface area contributed by atoms with E-state index in [2.05, 4.69) is 24.0 Å². The molecule has 0 saturated heterocycles. The largest absolute Gasteiger partial charge is 0.383 e. The van der Waals surface area contributed by atoms with Crippen LogP contribution in [0.5, 0.6) is 0 Å². The Labute approximate surface area is 121 Å². The molecule has 0 aliphatic rings. The maximum Gasteiger partial charge on any atom is 0.109 e. The van der Waals surface area contributed by atoms with Crippen molar-refractivity contribution >= 4 is 0 Å². The minimum atomic E-state index is -0.897. The molecule has 0 saturated carbocycles. The maximum absolute atomic E-state index is 11.3. The number of benzene rings is 2. The van der Waals surface area contributed by atoms with Crippen molar-refractivity contribution in [3.8, 4) is 0 Å². The van der Waals surface area contributed by atoms with Gasteiger partial charge in [-0.1, -0.05) is 60.7 Å². The molecular weight excluding hydrogens is 246 g/mol. The van der Waals surface area contributed by atoms with Crippen LogP contribution >= 0.6 is 0 Å². The Bertz CT molecular complexity index is 524. The van der Waals surface area contributed by atoms with Gasteiger partial charge in [0.1, 0.15) is 5.60 Å². The summed E-state index contributed by atoms with van der Waals surface area (Å²) < 4.78 is 0. The molecule has 2 aromatic carbocycles. The van der Waals surface area contributed by atoms with Crippen molar-refractivity contribution in [2.75, 3.05) is 14.1 Å². The lowest BCUT2D eigenvalue weighted by molar-refractivity contribution is -0.0313. The normalized spacial score (nSPS) is 15.8. The molecule has 0 spiro atoms. The highest BCUT2D eigenvalue weighted by atomic mass is 16.3. The number of hydrogen-bond donors (Lipinski definition) is 1. The molecule has 0 amide bonds. The molecule has 1 N–H and O–H groups in total. The molecule has 0 aromatic heterocycles. The van der Waals surface area contributed by atoms with Gasteiger partial charge in [-0.05, 0) is 32.1 Å². The van der Waals surface area contributed by atoms with Crippen LogP contribution in [0, 0.1) is 0 Å². The number of aliphatic hydroxyl groups is 1. The van der Waals surface area contributed by atoms with Crippen molar-refractivity contribution in [2.45, 2.75) is 25.0 Å². The van der Waals surface area contributed by atoms with E-state index in [0.29, 0.717) is 6.42 Å². The van der Waals surface area contributed by atoms with Gasteiger partial charge >= 0.3 is 0 Å². The average Bonchev–Trinajstić information content (AvgIpc) is 2.48. The van der Waals surface area contributed by atoms with E-state index in [1.807, 2.05) is 62.6 Å². The van der Waals surface area contributed by atoms with E-state index >= 15 is 0 Å². The number of hydrogen-bond acceptors (Lipinski definition) is 2. The molecule has 0 fully saturated rings. The number of rotatable bonds is 5. The van der Waals surface area contributed by atoms with Crippen LogP contribution in [0.2, 0.25) is 0 Å². The first-order chi connectivity index (χ1) is 9.54. The van der Waals surface area contributed by atoms with Crippen molar-refractivity contribution in [3.05, 3.63) is 71.8 Å². The zero-order chi connectivity index (χ0) is 14.6. The molecule has 0 aliphatic heterocycles. The third-order valence-electron chi connectivity index (χ3n) is 4.06. The van der Waals surface area contributed by atoms with Gasteiger partial charge in [0.05, 0.1) is 0 Å². The zero-order valence-electron chi connectivity index (χ0n) is 12.5. The topological polar surface area (TPSA) is 23.5 Å². The van der Waals surface area contributed by atoms with Gasteiger partial charge in [0.25, 0.3) is 0 Å². The third kappa shape index (κ3) is 3.09. The molecule has 0 unspecified atom stereocenters. The molecule has 2 aromatic rings. The highest BCUT2D eigenvalue weighted by Gasteiger charge is 2.36. The standard InChI is InChI=1S/C18H23NO/c1-15(19(2)3)18(20,17-12-8-5-9-13-17)14-16-10-6-4-7-11-16/h4-13,15,20H,14H2,1-3H3/t15-,18-/m1/s1. The predicted octanol–water partition coefficient (Wildman–Crippen LogP) is 3.07. The Kier molecular flexibility index (Phi) is 4.58. The smallest absolute Gasteiger partial charge is 0.109 e. The highest BCUT2D eigenvalue weighted by Crippen LogP contribution is 2.31. The summed E-state index contributed by atoms with van der Waals surface area (Å²) >= 11 is 0. The second kappa shape index (κ2) is 6.21. The molecule has 0 heterocycles. The van der Waals surface area contributed by atoms with E-state index < -0.39 is 5.60 Å². The van der Waals surface area contributed by atoms with Gasteiger partial charge in [-0.15, -0.1) is 0 Å². The molecule has 2 atom stereocenters. The average molecular weight is 269 g/mol. The van der Waals surface area contributed by atoms with Crippen molar-refractivity contribution in [1.82, 2.24) is 4.90 Å². The van der Waals surface area contributed by atoms with E-state index in [0.717, 1.165) is 11.1 Å². The molecular formula is C18H23NO. The molecule has 0 radical (unpaired) electrons. The second-order valence-electron chi connectivity index (χ2n) is 5.59. The fourth-order valence-corrected chi connectivity index (χ4v) is 2.55. The van der Waals surface area contributed by atoms with Gasteiger partial charge in [0.15, 0.2) is 0 Å². The number of nitrogens with zero attached hydrogens (tertiary/aromatic N) is 1. The van der Waals surface area contributed by atoms with E-state index in [4.69, 9.17) is 0 Å². The summed E-state index contributed by atoms with van der Waals surface area (Å²) in [6, 6.07) is 20.1. The van der Waals surface area contributed by atoms with Gasteiger partial charge in [0.2, 0.25) is 0 Å². The van der Waals surface area contributed by atoms with Crippen molar-refractivity contribution < 1.29 is 5.11 Å². The summed E-state index contributed by atoms with van der Waals surface area (Å²) in [5.74, 6) is 0. The summed E-state index contributed by atoms with van der Waals surface area (Å²) in [7, 11) is 4.01. The molecule has 0 aliphatic carbocycles. The lowest BCUT2D eigenvalue weighted by atomic mass is 9.81. The van der Waals surface area contributed by atoms with Crippen LogP contribution in [0.1, 0.15) is 18.1 Å². The lowest BCUT2D eigenvalue weighted by Gasteiger charge is -2.38. The van der Waals surface area contributed by atoms with Crippen molar-refractivity contribution in [3.63, 3.8) is 0 Å². The fraction of sp³-hybridized carbons (Fsp3) is 0.333. The van der Waals surface area contributed by atoms with Gasteiger partial charge in [0, 0.05) is 12.5 Å². The quantitative estimate of drug-likeness (QED) is 0.901. The van der Waals surface area contributed by atoms with E-state index in [9.17, 15) is 5.11 Å². The first-order valence-electron chi connectivity index (χ1n) is 7.02. The van der Waals surface area contributed by atoms with Crippen LogP contribution < -0.4 is 0 Å². The first-order valence-corrected chi connectivity index (χ1v) is 7.02. The van der Waals surface area contributed by atoms with Crippen molar-refractivity contribution in [1.29, 1.82) is 0 Å². The van der Waals surface area contributed by atoms with Gasteiger partial charge in [-0.3, -0.25) is 0 Å². The lowest BCUT2D eigenvalue weighted by Crippen LogP contribution is -2.47. The monoisotopic (exact) mass is 269 g/mol. The molecule has 0 bridgehead atoms. The van der Waals surface area contributed by atoms with Gasteiger partial charge in [-0.25, -0.2) is 0 Å². The van der Waals surface area contributed by atoms with Gasteiger partial charge in [-0.2, -0.15) is 0 Å². The Morgan fingerprint density at radius 1 is 0.950 bits per heavy atom. The minimum absolute atomic E-state index is 0.0186. The summed E-state index contributed by atoms with van der Waals surface area (Å²) in [6.07, 6.45) is 0.608. The Morgan fingerprint density at radius 2 is 1.45 bits per heavy atom. The Morgan fingerprint density at radius 3 is 1.95 bits per heavy atom. The fourth-order valence-electron chi connectivity index (χ4n) is 2.55. The summed E-state index contributed by atoms with van der Waals surface area (Å²) in [6.45, 7) is 2.07. The van der Waals surface area contributed by atoms with Crippen LogP contribution in [-0.2, 0) is 12.0 Å². The van der Waals surface area contributed by atoms with Crippen LogP contribution in [0.4, 0.5) is 0 Å². The van der Waals surface area contributed by atoms with E-state index in [1.54, 1.807) is 0 Å². The number of likely N-dealkylation sites (N-methyl/N-ethyl adjacent to an activating group) is 1. The third-order valence-corrected chi connectivity index (χ3v) is 4.06. The summed E-state index contributed by atoms with van der Waals surface area (Å²) in [5.41, 5.74) is 1.21. The molecule has 106 valence electrons. The summed E-state index contributed by atoms with van der Waals surface area (Å²) in [4.78, 5) is 2.07. The second-order valence-corrected chi connectivity index (χ2v) is 5.59. The Balaban J connectivity index is 2.39. The molecule has 2 nitrogen and oxygen atoms in total. The van der Waals surface area contributed by atoms with Crippen LogP contribution in [0.15, 0.2) is 60.7 Å². The maximum atomic E-state index is 11.3. The molecule has 20 heavy (non-hydrogen) atoms. The van der Waals surface area contributed by atoms with Gasteiger partial charge < -0.3 is 10.0 Å². The van der Waals surface area contributed by atoms with Crippen LogP contribution in [0.25, 0.3) is 0 Å². The van der Waals surface area contributed by atoms with Crippen LogP contribution in [-0.4, -0.2) is 30.1 Å². The highest BCUT2D eigenvalue weighted by molar-refractivity contribution is 5.28. The first kappa shape index (κ1) is 14.8. The summed E-state index contributed by atoms with van der Waals surface area (Å²) in [5, 5.41) is 11.3. The SMILES string of the molecule is C[C@@H](N(C)C)[C@](O)(Cc1ccccc1)c1ccccc1. The zero-order valence-corrected chi connectivity index (χ0v) is 12.5. The van der Waals surface area contributed by atoms with E-state index in [1.165, 1.54) is 0 Å². The predicted molar refractivity (Wildman–Crippen MR) is 83.6 cm³/mol. The molecule has 2 rings (SSSR count). The van der Waals surface area contributed by atoms with Crippen LogP contribution in [0.3, 0.4) is 0 Å². The minimum Gasteiger partial charge on any atom is -0.383 e. The Hall–Kier alpha value is -1.64. The van der Waals surface area contributed by atoms with E-state index in [-0.39, 0.29) is 6.04 Å².